The van der Waals surface area contributed by atoms with E-state index in [4.69, 9.17) is 23.8 Å². The third kappa shape index (κ3) is 3.59. The number of thiocarbonyl (C=S) groups is 1. The van der Waals surface area contributed by atoms with Crippen molar-refractivity contribution in [3.63, 3.8) is 0 Å². The largest absolute Gasteiger partial charge is 0.363 e. The lowest BCUT2D eigenvalue weighted by atomic mass is 10.3. The number of rotatable bonds is 2. The summed E-state index contributed by atoms with van der Waals surface area (Å²) in [6.07, 6.45) is 0. The van der Waals surface area contributed by atoms with Gasteiger partial charge in [-0.25, -0.2) is 4.98 Å². The SMILES string of the molecule is CCNC(=S)Nc1nc(C)c(Cl)cc1Br. The van der Waals surface area contributed by atoms with Gasteiger partial charge < -0.3 is 10.6 Å². The molecule has 1 aromatic heterocycles. The van der Waals surface area contributed by atoms with Crippen LogP contribution in [0.25, 0.3) is 0 Å². The van der Waals surface area contributed by atoms with Crippen LogP contribution in [-0.4, -0.2) is 16.6 Å². The van der Waals surface area contributed by atoms with Gasteiger partial charge in [0.05, 0.1) is 15.2 Å². The molecule has 3 nitrogen and oxygen atoms in total. The minimum Gasteiger partial charge on any atom is -0.363 e. The Morgan fingerprint density at radius 2 is 2.33 bits per heavy atom. The zero-order valence-electron chi connectivity index (χ0n) is 8.40. The van der Waals surface area contributed by atoms with Crippen LogP contribution < -0.4 is 10.6 Å². The van der Waals surface area contributed by atoms with Crippen LogP contribution in [-0.2, 0) is 0 Å². The number of nitrogens with zero attached hydrogens (tertiary/aromatic N) is 1. The van der Waals surface area contributed by atoms with Crippen LogP contribution in [0.1, 0.15) is 12.6 Å². The van der Waals surface area contributed by atoms with Gasteiger partial charge >= 0.3 is 0 Å². The molecule has 0 aliphatic heterocycles. The second-order valence-electron chi connectivity index (χ2n) is 2.87. The van der Waals surface area contributed by atoms with Gasteiger partial charge in [0.15, 0.2) is 5.11 Å². The standard InChI is InChI=1S/C9H11BrClN3S/c1-3-12-9(15)14-8-6(10)4-7(11)5(2)13-8/h4H,3H2,1-2H3,(H2,12,13,14,15). The van der Waals surface area contributed by atoms with Gasteiger partial charge in [-0.1, -0.05) is 11.6 Å². The van der Waals surface area contributed by atoms with Crippen molar-refractivity contribution in [1.29, 1.82) is 0 Å². The van der Waals surface area contributed by atoms with Crippen molar-refractivity contribution in [3.8, 4) is 0 Å². The Hall–Kier alpha value is -0.390. The molecule has 0 aromatic carbocycles. The van der Waals surface area contributed by atoms with E-state index in [1.807, 2.05) is 13.8 Å². The molecule has 0 fully saturated rings. The van der Waals surface area contributed by atoms with E-state index in [9.17, 15) is 0 Å². The average Bonchev–Trinajstić information content (AvgIpc) is 2.14. The van der Waals surface area contributed by atoms with E-state index < -0.39 is 0 Å². The van der Waals surface area contributed by atoms with E-state index in [1.165, 1.54) is 0 Å². The highest BCUT2D eigenvalue weighted by molar-refractivity contribution is 9.10. The first-order valence-corrected chi connectivity index (χ1v) is 6.00. The van der Waals surface area contributed by atoms with Crippen LogP contribution in [0.5, 0.6) is 0 Å². The maximum atomic E-state index is 5.91. The summed E-state index contributed by atoms with van der Waals surface area (Å²) in [5.74, 6) is 0.669. The summed E-state index contributed by atoms with van der Waals surface area (Å²) in [4.78, 5) is 4.28. The maximum absolute atomic E-state index is 5.91. The van der Waals surface area contributed by atoms with Gasteiger partial charge in [0.25, 0.3) is 0 Å². The summed E-state index contributed by atoms with van der Waals surface area (Å²) < 4.78 is 0.790. The van der Waals surface area contributed by atoms with E-state index in [0.717, 1.165) is 16.7 Å². The molecule has 0 bridgehead atoms. The van der Waals surface area contributed by atoms with Crippen LogP contribution in [0.2, 0.25) is 5.02 Å². The van der Waals surface area contributed by atoms with Crippen LogP contribution in [0.4, 0.5) is 5.82 Å². The van der Waals surface area contributed by atoms with Gasteiger partial charge in [0, 0.05) is 6.54 Å². The number of hydrogen-bond donors (Lipinski definition) is 2. The van der Waals surface area contributed by atoms with Gasteiger partial charge in [-0.3, -0.25) is 0 Å². The third-order valence-electron chi connectivity index (χ3n) is 1.67. The highest BCUT2D eigenvalue weighted by Gasteiger charge is 2.06. The summed E-state index contributed by atoms with van der Waals surface area (Å²) >= 11 is 14.3. The lowest BCUT2D eigenvalue weighted by Crippen LogP contribution is -2.28. The third-order valence-corrected chi connectivity index (χ3v) is 2.91. The predicted octanol–water partition coefficient (Wildman–Crippen LogP) is 3.11. The molecule has 0 amide bonds. The number of nitrogens with one attached hydrogen (secondary N) is 2. The molecule has 0 unspecified atom stereocenters. The molecular weight excluding hydrogens is 298 g/mol. The molecule has 6 heteroatoms. The minimum atomic E-state index is 0.549. The Morgan fingerprint density at radius 3 is 2.93 bits per heavy atom. The van der Waals surface area contributed by atoms with Gasteiger partial charge in [-0.2, -0.15) is 0 Å². The Morgan fingerprint density at radius 1 is 1.67 bits per heavy atom. The van der Waals surface area contributed by atoms with Crippen LogP contribution in [0.3, 0.4) is 0 Å². The number of halogens is 2. The van der Waals surface area contributed by atoms with Crippen molar-refractivity contribution in [2.75, 3.05) is 11.9 Å². The first kappa shape index (κ1) is 12.7. The summed E-state index contributed by atoms with van der Waals surface area (Å²) in [6.45, 7) is 4.59. The molecule has 0 saturated heterocycles. The number of anilines is 1. The fourth-order valence-electron chi connectivity index (χ4n) is 0.959. The second kappa shape index (κ2) is 5.63. The van der Waals surface area contributed by atoms with Crippen molar-refractivity contribution in [2.24, 2.45) is 0 Å². The van der Waals surface area contributed by atoms with E-state index in [-0.39, 0.29) is 0 Å². The molecule has 82 valence electrons. The Kier molecular flexibility index (Phi) is 4.76. The fraction of sp³-hybridized carbons (Fsp3) is 0.333. The normalized spacial score (nSPS) is 9.87. The summed E-state index contributed by atoms with van der Waals surface area (Å²) in [7, 11) is 0. The van der Waals surface area contributed by atoms with Crippen LogP contribution in [0.15, 0.2) is 10.5 Å². The summed E-state index contributed by atoms with van der Waals surface area (Å²) in [6, 6.07) is 1.79. The van der Waals surface area contributed by atoms with Gasteiger partial charge in [-0.15, -0.1) is 0 Å². The highest BCUT2D eigenvalue weighted by Crippen LogP contribution is 2.25. The second-order valence-corrected chi connectivity index (χ2v) is 4.54. The molecule has 1 rings (SSSR count). The quantitative estimate of drug-likeness (QED) is 0.823. The molecule has 0 saturated carbocycles. The number of pyridine rings is 1. The van der Waals surface area contributed by atoms with Crippen molar-refractivity contribution in [3.05, 3.63) is 21.3 Å². The molecule has 1 heterocycles. The Bertz CT molecular complexity index is 384. The van der Waals surface area contributed by atoms with Crippen molar-refractivity contribution < 1.29 is 0 Å². The average molecular weight is 309 g/mol. The van der Waals surface area contributed by atoms with Gasteiger partial charge in [-0.05, 0) is 48.1 Å². The molecular formula is C9H11BrClN3S. The van der Waals surface area contributed by atoms with Gasteiger partial charge in [0.2, 0.25) is 0 Å². The van der Waals surface area contributed by atoms with Gasteiger partial charge in [0.1, 0.15) is 5.82 Å². The van der Waals surface area contributed by atoms with E-state index >= 15 is 0 Å². The maximum Gasteiger partial charge on any atom is 0.171 e. The van der Waals surface area contributed by atoms with Crippen molar-refractivity contribution in [1.82, 2.24) is 10.3 Å². The molecule has 1 aromatic rings. The smallest absolute Gasteiger partial charge is 0.171 e. The topological polar surface area (TPSA) is 37.0 Å². The van der Waals surface area contributed by atoms with E-state index in [1.54, 1.807) is 6.07 Å². The molecule has 2 N–H and O–H groups in total. The Labute approximate surface area is 108 Å². The summed E-state index contributed by atoms with van der Waals surface area (Å²) in [5, 5.41) is 7.14. The first-order chi connectivity index (χ1) is 7.04. The van der Waals surface area contributed by atoms with E-state index in [2.05, 4.69) is 31.5 Å². The molecule has 0 aliphatic rings. The number of hydrogen-bond acceptors (Lipinski definition) is 2. The van der Waals surface area contributed by atoms with Crippen LogP contribution >= 0.6 is 39.7 Å². The Balaban J connectivity index is 2.86. The monoisotopic (exact) mass is 307 g/mol. The summed E-state index contributed by atoms with van der Waals surface area (Å²) in [5.41, 5.74) is 0.765. The fourth-order valence-corrected chi connectivity index (χ4v) is 1.90. The van der Waals surface area contributed by atoms with Crippen molar-refractivity contribution >= 4 is 50.7 Å². The number of aryl methyl sites for hydroxylation is 1. The lowest BCUT2D eigenvalue weighted by Gasteiger charge is -2.10. The lowest BCUT2D eigenvalue weighted by molar-refractivity contribution is 0.977. The zero-order chi connectivity index (χ0) is 11.4. The van der Waals surface area contributed by atoms with Crippen LogP contribution in [0, 0.1) is 6.92 Å². The first-order valence-electron chi connectivity index (χ1n) is 4.42. The van der Waals surface area contributed by atoms with Crippen molar-refractivity contribution in [2.45, 2.75) is 13.8 Å². The predicted molar refractivity (Wildman–Crippen MR) is 71.6 cm³/mol. The minimum absolute atomic E-state index is 0.549. The molecule has 0 radical (unpaired) electrons. The number of aromatic nitrogens is 1. The molecule has 0 spiro atoms. The molecule has 15 heavy (non-hydrogen) atoms. The zero-order valence-corrected chi connectivity index (χ0v) is 11.6. The molecule has 0 aliphatic carbocycles. The molecule has 0 atom stereocenters. The highest BCUT2D eigenvalue weighted by atomic mass is 79.9. The van der Waals surface area contributed by atoms with E-state index in [0.29, 0.717) is 16.0 Å².